The van der Waals surface area contributed by atoms with Gasteiger partial charge in [-0.3, -0.25) is 0 Å². The predicted octanol–water partition coefficient (Wildman–Crippen LogP) is 0.954. The van der Waals surface area contributed by atoms with Crippen LogP contribution in [-0.2, 0) is 0 Å². The molecular formula is C16H38N8. The van der Waals surface area contributed by atoms with E-state index in [1.807, 2.05) is 0 Å². The summed E-state index contributed by atoms with van der Waals surface area (Å²) in [5.41, 5.74) is 13.6. The first kappa shape index (κ1) is 23.1. The van der Waals surface area contributed by atoms with Gasteiger partial charge in [0.25, 0.3) is 0 Å². The smallest absolute Gasteiger partial charge is 0.0269 e. The molecule has 0 heterocycles. The summed E-state index contributed by atoms with van der Waals surface area (Å²) >= 11 is 0. The van der Waals surface area contributed by atoms with Gasteiger partial charge >= 0.3 is 0 Å². The van der Waals surface area contributed by atoms with Crippen LogP contribution in [0.25, 0.3) is 10.4 Å². The van der Waals surface area contributed by atoms with Gasteiger partial charge < -0.3 is 27.0 Å². The molecule has 0 aromatic carbocycles. The molecule has 0 bridgehead atoms. The number of rotatable bonds is 20. The molecule has 0 aliphatic carbocycles. The summed E-state index contributed by atoms with van der Waals surface area (Å²) in [7, 11) is 0. The largest absolute Gasteiger partial charge is 0.330 e. The number of nitrogens with zero attached hydrogens (tertiary/aromatic N) is 3. The number of nitrogens with one attached hydrogen (secondary N) is 4. The van der Waals surface area contributed by atoms with Crippen LogP contribution >= 0.6 is 0 Å². The van der Waals surface area contributed by atoms with Crippen LogP contribution < -0.4 is 27.0 Å². The lowest BCUT2D eigenvalue weighted by Gasteiger charge is -2.07. The van der Waals surface area contributed by atoms with E-state index in [-0.39, 0.29) is 0 Å². The minimum absolute atomic E-state index is 0.584. The van der Waals surface area contributed by atoms with Crippen LogP contribution in [0.1, 0.15) is 38.5 Å². The van der Waals surface area contributed by atoms with Crippen LogP contribution in [0.2, 0.25) is 0 Å². The third-order valence-electron chi connectivity index (χ3n) is 3.60. The van der Waals surface area contributed by atoms with Crippen LogP contribution in [0.15, 0.2) is 5.11 Å². The Morgan fingerprint density at radius 3 is 1.50 bits per heavy atom. The van der Waals surface area contributed by atoms with Crippen LogP contribution in [0, 0.1) is 0 Å². The summed E-state index contributed by atoms with van der Waals surface area (Å²) in [6.45, 7) is 9.77. The van der Waals surface area contributed by atoms with Crippen molar-refractivity contribution in [2.24, 2.45) is 10.8 Å². The Kier molecular flexibility index (Phi) is 21.3. The van der Waals surface area contributed by atoms with Gasteiger partial charge in [0.2, 0.25) is 0 Å². The Labute approximate surface area is 147 Å². The topological polar surface area (TPSA) is 123 Å². The second-order valence-corrected chi connectivity index (χ2v) is 5.86. The summed E-state index contributed by atoms with van der Waals surface area (Å²) in [5, 5.41) is 17.2. The van der Waals surface area contributed by atoms with E-state index in [1.54, 1.807) is 0 Å². The molecule has 24 heavy (non-hydrogen) atoms. The van der Waals surface area contributed by atoms with Gasteiger partial charge in [-0.2, -0.15) is 0 Å². The molecule has 142 valence electrons. The highest BCUT2D eigenvalue weighted by atomic mass is 15.1. The molecule has 0 aliphatic heterocycles. The quantitative estimate of drug-likeness (QED) is 0.0975. The van der Waals surface area contributed by atoms with Gasteiger partial charge in [0.15, 0.2) is 0 Å². The molecule has 0 unspecified atom stereocenters. The molecule has 8 heteroatoms. The van der Waals surface area contributed by atoms with Crippen molar-refractivity contribution in [2.75, 3.05) is 65.4 Å². The molecule has 0 aliphatic rings. The molecule has 0 aromatic heterocycles. The van der Waals surface area contributed by atoms with Crippen molar-refractivity contribution in [1.29, 1.82) is 0 Å². The lowest BCUT2D eigenvalue weighted by atomic mass is 10.3. The van der Waals surface area contributed by atoms with Gasteiger partial charge in [0.1, 0.15) is 0 Å². The Morgan fingerprint density at radius 1 is 0.625 bits per heavy atom. The highest BCUT2D eigenvalue weighted by molar-refractivity contribution is 4.56. The molecule has 0 aromatic rings. The summed E-state index contributed by atoms with van der Waals surface area (Å²) in [6.07, 6.45) is 6.74. The van der Waals surface area contributed by atoms with E-state index in [4.69, 9.17) is 11.3 Å². The molecule has 0 radical (unpaired) electrons. The average molecular weight is 343 g/mol. The highest BCUT2D eigenvalue weighted by Crippen LogP contribution is 1.86. The fraction of sp³-hybridized carbons (Fsp3) is 1.00. The minimum Gasteiger partial charge on any atom is -0.330 e. The first-order chi connectivity index (χ1) is 11.9. The van der Waals surface area contributed by atoms with Crippen LogP contribution in [0.4, 0.5) is 0 Å². The molecule has 0 saturated heterocycles. The number of hydrogen-bond acceptors (Lipinski definition) is 6. The van der Waals surface area contributed by atoms with Gasteiger partial charge in [-0.15, -0.1) is 0 Å². The van der Waals surface area contributed by atoms with Crippen LogP contribution in [0.3, 0.4) is 0 Å². The summed E-state index contributed by atoms with van der Waals surface area (Å²) in [6, 6.07) is 0. The van der Waals surface area contributed by atoms with Gasteiger partial charge in [-0.05, 0) is 103 Å². The van der Waals surface area contributed by atoms with E-state index in [9.17, 15) is 0 Å². The average Bonchev–Trinajstić information content (AvgIpc) is 2.60. The zero-order chi connectivity index (χ0) is 17.6. The van der Waals surface area contributed by atoms with Crippen molar-refractivity contribution in [3.63, 3.8) is 0 Å². The van der Waals surface area contributed by atoms with Gasteiger partial charge in [0, 0.05) is 11.5 Å². The van der Waals surface area contributed by atoms with E-state index in [0.29, 0.717) is 6.54 Å². The zero-order valence-corrected chi connectivity index (χ0v) is 15.2. The molecule has 0 saturated carbocycles. The second-order valence-electron chi connectivity index (χ2n) is 5.86. The molecule has 0 rings (SSSR count). The number of hydrogen-bond donors (Lipinski definition) is 5. The fourth-order valence-electron chi connectivity index (χ4n) is 2.22. The zero-order valence-electron chi connectivity index (χ0n) is 15.2. The fourth-order valence-corrected chi connectivity index (χ4v) is 2.22. The molecule has 8 nitrogen and oxygen atoms in total. The van der Waals surface area contributed by atoms with Gasteiger partial charge in [0.05, 0.1) is 0 Å². The molecular weight excluding hydrogens is 304 g/mol. The van der Waals surface area contributed by atoms with Gasteiger partial charge in [-0.25, -0.2) is 0 Å². The van der Waals surface area contributed by atoms with Crippen molar-refractivity contribution in [1.82, 2.24) is 21.3 Å². The van der Waals surface area contributed by atoms with Crippen molar-refractivity contribution >= 4 is 0 Å². The van der Waals surface area contributed by atoms with E-state index in [1.165, 1.54) is 19.3 Å². The third-order valence-corrected chi connectivity index (χ3v) is 3.60. The Bertz CT molecular complexity index is 281. The van der Waals surface area contributed by atoms with E-state index in [0.717, 1.165) is 78.2 Å². The highest BCUT2D eigenvalue weighted by Gasteiger charge is 1.92. The lowest BCUT2D eigenvalue weighted by Crippen LogP contribution is -2.25. The molecule has 0 atom stereocenters. The summed E-state index contributed by atoms with van der Waals surface area (Å²) < 4.78 is 0. The summed E-state index contributed by atoms with van der Waals surface area (Å²) in [5.74, 6) is 0. The second kappa shape index (κ2) is 22.1. The SMILES string of the molecule is [N-]=[N+]=NCCCNCCCNCCCCNCCCNCCCN. The molecule has 0 spiro atoms. The molecule has 0 fully saturated rings. The Balaban J connectivity index is 2.96. The van der Waals surface area contributed by atoms with Gasteiger partial charge in [-0.1, -0.05) is 5.11 Å². The minimum atomic E-state index is 0.584. The predicted molar refractivity (Wildman–Crippen MR) is 102 cm³/mol. The lowest BCUT2D eigenvalue weighted by molar-refractivity contribution is 0.544. The van der Waals surface area contributed by atoms with E-state index >= 15 is 0 Å². The monoisotopic (exact) mass is 342 g/mol. The van der Waals surface area contributed by atoms with E-state index < -0.39 is 0 Å². The first-order valence-electron chi connectivity index (χ1n) is 9.45. The van der Waals surface area contributed by atoms with E-state index in [2.05, 4.69) is 31.3 Å². The van der Waals surface area contributed by atoms with Crippen LogP contribution in [0.5, 0.6) is 0 Å². The maximum absolute atomic E-state index is 8.14. The van der Waals surface area contributed by atoms with Crippen molar-refractivity contribution in [3.8, 4) is 0 Å². The first-order valence-corrected chi connectivity index (χ1v) is 9.45. The standard InChI is InChI=1S/C16H38N8/c17-7-3-10-21-13-4-11-19-8-1-2-9-20-12-5-14-22-15-6-16-23-24-18/h19-22H,1-17H2. The maximum atomic E-state index is 8.14. The number of nitrogens with two attached hydrogens (primary N) is 1. The third kappa shape index (κ3) is 21.1. The molecule has 0 amide bonds. The summed E-state index contributed by atoms with van der Waals surface area (Å²) in [4.78, 5) is 2.73. The van der Waals surface area contributed by atoms with Crippen LogP contribution in [-0.4, -0.2) is 65.4 Å². The molecule has 6 N–H and O–H groups in total. The maximum Gasteiger partial charge on any atom is 0.0269 e. The Morgan fingerprint density at radius 2 is 1.04 bits per heavy atom. The number of unbranched alkanes of at least 4 members (excludes halogenated alkanes) is 1. The van der Waals surface area contributed by atoms with Crippen molar-refractivity contribution in [2.45, 2.75) is 38.5 Å². The normalized spacial score (nSPS) is 10.7. The van der Waals surface area contributed by atoms with Crippen molar-refractivity contribution in [3.05, 3.63) is 10.4 Å². The van der Waals surface area contributed by atoms with Crippen molar-refractivity contribution < 1.29 is 0 Å². The number of azide groups is 1. The Hall–Kier alpha value is -0.890.